The smallest absolute Gasteiger partial charge is 0.260 e. The van der Waals surface area contributed by atoms with Crippen LogP contribution in [0.4, 0.5) is 0 Å². The van der Waals surface area contributed by atoms with Gasteiger partial charge in [-0.15, -0.1) is 11.3 Å². The Morgan fingerprint density at radius 3 is 2.96 bits per heavy atom. The van der Waals surface area contributed by atoms with Crippen LogP contribution in [0.25, 0.3) is 22.4 Å². The molecule has 0 bridgehead atoms. The van der Waals surface area contributed by atoms with Gasteiger partial charge in [-0.1, -0.05) is 18.2 Å². The van der Waals surface area contributed by atoms with Crippen LogP contribution >= 0.6 is 11.3 Å². The molecule has 3 aromatic rings. The molecule has 2 N–H and O–H groups in total. The number of phenols is 1. The average molecular weight is 324 g/mol. The van der Waals surface area contributed by atoms with Gasteiger partial charge in [-0.05, 0) is 55.0 Å². The quantitative estimate of drug-likeness (QED) is 0.754. The first kappa shape index (κ1) is 14.2. The molecule has 116 valence electrons. The highest BCUT2D eigenvalue weighted by atomic mass is 32.1. The monoisotopic (exact) mass is 324 g/mol. The number of aromatic hydroxyl groups is 1. The van der Waals surface area contributed by atoms with Crippen LogP contribution in [-0.4, -0.2) is 15.1 Å². The maximum atomic E-state index is 12.4. The number of aryl methyl sites for hydroxylation is 2. The van der Waals surface area contributed by atoms with Crippen molar-refractivity contribution in [3.63, 3.8) is 0 Å². The fraction of sp³-hybridized carbons (Fsp3) is 0.222. The van der Waals surface area contributed by atoms with Crippen LogP contribution in [0, 0.1) is 0 Å². The van der Waals surface area contributed by atoms with Gasteiger partial charge in [0.25, 0.3) is 5.56 Å². The molecular weight excluding hydrogens is 308 g/mol. The van der Waals surface area contributed by atoms with Gasteiger partial charge < -0.3 is 10.1 Å². The van der Waals surface area contributed by atoms with Crippen molar-refractivity contribution in [2.45, 2.75) is 25.7 Å². The molecule has 0 fully saturated rings. The van der Waals surface area contributed by atoms with E-state index >= 15 is 0 Å². The summed E-state index contributed by atoms with van der Waals surface area (Å²) < 4.78 is 0. The summed E-state index contributed by atoms with van der Waals surface area (Å²) in [5, 5.41) is 10.3. The summed E-state index contributed by atoms with van der Waals surface area (Å²) in [4.78, 5) is 22.0. The molecule has 0 radical (unpaired) electrons. The first-order valence-corrected chi connectivity index (χ1v) is 8.54. The van der Waals surface area contributed by atoms with Crippen molar-refractivity contribution < 1.29 is 5.11 Å². The van der Waals surface area contributed by atoms with E-state index in [2.05, 4.69) is 9.97 Å². The predicted molar refractivity (Wildman–Crippen MR) is 93.9 cm³/mol. The lowest BCUT2D eigenvalue weighted by Gasteiger charge is -2.09. The van der Waals surface area contributed by atoms with Gasteiger partial charge in [-0.2, -0.15) is 0 Å². The number of thiophene rings is 1. The summed E-state index contributed by atoms with van der Waals surface area (Å²) in [6.45, 7) is 0. The summed E-state index contributed by atoms with van der Waals surface area (Å²) in [6.07, 6.45) is 7.99. The minimum atomic E-state index is -0.0510. The molecule has 0 aliphatic heterocycles. The number of phenolic OH excluding ortho intramolecular Hbond substituents is 1. The second-order valence-corrected chi connectivity index (χ2v) is 6.85. The molecule has 0 atom stereocenters. The van der Waals surface area contributed by atoms with Crippen molar-refractivity contribution in [3.8, 4) is 5.75 Å². The lowest BCUT2D eigenvalue weighted by molar-refractivity contribution is 0.475. The van der Waals surface area contributed by atoms with Crippen LogP contribution in [0.2, 0.25) is 0 Å². The van der Waals surface area contributed by atoms with Crippen molar-refractivity contribution in [2.75, 3.05) is 0 Å². The van der Waals surface area contributed by atoms with Gasteiger partial charge in [0.15, 0.2) is 0 Å². The fourth-order valence-electron chi connectivity index (χ4n) is 3.06. The number of benzene rings is 1. The molecule has 5 heteroatoms. The molecule has 23 heavy (non-hydrogen) atoms. The van der Waals surface area contributed by atoms with Gasteiger partial charge in [-0.25, -0.2) is 4.98 Å². The average Bonchev–Trinajstić information content (AvgIpc) is 2.92. The number of hydrogen-bond acceptors (Lipinski definition) is 4. The summed E-state index contributed by atoms with van der Waals surface area (Å²) in [7, 11) is 0. The Bertz CT molecular complexity index is 969. The first-order chi connectivity index (χ1) is 11.2. The predicted octanol–water partition coefficient (Wildman–Crippen LogP) is 3.74. The topological polar surface area (TPSA) is 66.0 Å². The van der Waals surface area contributed by atoms with Crippen LogP contribution in [0.15, 0.2) is 29.1 Å². The van der Waals surface area contributed by atoms with Crippen LogP contribution in [0.5, 0.6) is 5.75 Å². The lowest BCUT2D eigenvalue weighted by Crippen LogP contribution is -2.11. The third-order valence-electron chi connectivity index (χ3n) is 4.15. The Kier molecular flexibility index (Phi) is 3.50. The molecule has 0 spiro atoms. The van der Waals surface area contributed by atoms with Crippen LogP contribution < -0.4 is 5.56 Å². The highest BCUT2D eigenvalue weighted by Gasteiger charge is 2.19. The molecule has 1 aromatic carbocycles. The van der Waals surface area contributed by atoms with Crippen LogP contribution in [0.1, 0.15) is 34.7 Å². The van der Waals surface area contributed by atoms with Crippen molar-refractivity contribution >= 4 is 33.7 Å². The fourth-order valence-corrected chi connectivity index (χ4v) is 4.33. The van der Waals surface area contributed by atoms with Crippen molar-refractivity contribution in [3.05, 3.63) is 56.4 Å². The van der Waals surface area contributed by atoms with Crippen molar-refractivity contribution in [1.29, 1.82) is 0 Å². The van der Waals surface area contributed by atoms with Crippen molar-refractivity contribution in [1.82, 2.24) is 9.97 Å². The van der Waals surface area contributed by atoms with E-state index in [9.17, 15) is 9.90 Å². The van der Waals surface area contributed by atoms with E-state index in [0.29, 0.717) is 5.82 Å². The van der Waals surface area contributed by atoms with Crippen LogP contribution in [0.3, 0.4) is 0 Å². The minimum absolute atomic E-state index is 0.0510. The van der Waals surface area contributed by atoms with Gasteiger partial charge in [0.1, 0.15) is 16.4 Å². The molecule has 0 amide bonds. The first-order valence-electron chi connectivity index (χ1n) is 7.72. The molecule has 4 nitrogen and oxygen atoms in total. The third-order valence-corrected chi connectivity index (χ3v) is 5.33. The van der Waals surface area contributed by atoms with E-state index in [1.807, 2.05) is 12.1 Å². The Balaban J connectivity index is 1.75. The third kappa shape index (κ3) is 2.68. The van der Waals surface area contributed by atoms with Gasteiger partial charge >= 0.3 is 0 Å². The number of nitrogens with zero attached hydrogens (tertiary/aromatic N) is 1. The molecule has 0 saturated heterocycles. The molecule has 1 aliphatic rings. The zero-order valence-electron chi connectivity index (χ0n) is 12.5. The van der Waals surface area contributed by atoms with Gasteiger partial charge in [0, 0.05) is 4.88 Å². The molecular formula is C18H16N2O2S. The highest BCUT2D eigenvalue weighted by Crippen LogP contribution is 2.33. The molecule has 1 aliphatic carbocycles. The molecule has 2 heterocycles. The number of nitrogens with one attached hydrogen (secondary N) is 1. The Hall–Kier alpha value is -2.40. The van der Waals surface area contributed by atoms with E-state index in [-0.39, 0.29) is 11.3 Å². The molecule has 4 rings (SSSR count). The summed E-state index contributed by atoms with van der Waals surface area (Å²) in [6, 6.07) is 6.95. The highest BCUT2D eigenvalue weighted by molar-refractivity contribution is 7.18. The zero-order chi connectivity index (χ0) is 15.8. The summed E-state index contributed by atoms with van der Waals surface area (Å²) >= 11 is 1.65. The van der Waals surface area contributed by atoms with E-state index in [1.165, 1.54) is 16.9 Å². The Labute approximate surface area is 137 Å². The zero-order valence-corrected chi connectivity index (χ0v) is 13.3. The molecule has 0 saturated carbocycles. The number of aromatic nitrogens is 2. The van der Waals surface area contributed by atoms with E-state index in [4.69, 9.17) is 0 Å². The Morgan fingerprint density at radius 1 is 1.22 bits per heavy atom. The number of fused-ring (bicyclic) bond motifs is 3. The number of H-pyrrole nitrogens is 1. The number of rotatable bonds is 2. The van der Waals surface area contributed by atoms with Gasteiger partial charge in [-0.3, -0.25) is 4.79 Å². The van der Waals surface area contributed by atoms with E-state index in [0.717, 1.165) is 35.0 Å². The SMILES string of the molecule is O=c1[nH]c(/C=C/c2cccc(O)c2)nc2sc3c(c12)CCCC3. The maximum absolute atomic E-state index is 12.4. The van der Waals surface area contributed by atoms with Crippen LogP contribution in [-0.2, 0) is 12.8 Å². The number of hydrogen-bond donors (Lipinski definition) is 2. The summed E-state index contributed by atoms with van der Waals surface area (Å²) in [5.74, 6) is 0.763. The maximum Gasteiger partial charge on any atom is 0.260 e. The summed E-state index contributed by atoms with van der Waals surface area (Å²) in [5.41, 5.74) is 2.01. The second kappa shape index (κ2) is 5.66. The Morgan fingerprint density at radius 2 is 2.09 bits per heavy atom. The minimum Gasteiger partial charge on any atom is -0.508 e. The van der Waals surface area contributed by atoms with E-state index in [1.54, 1.807) is 35.6 Å². The number of aromatic amines is 1. The van der Waals surface area contributed by atoms with E-state index < -0.39 is 0 Å². The van der Waals surface area contributed by atoms with Gasteiger partial charge in [0.2, 0.25) is 0 Å². The standard InChI is InChI=1S/C18H16N2O2S/c21-12-5-3-4-11(10-12)8-9-15-19-17(22)16-13-6-1-2-7-14(13)23-18(16)20-15/h3-5,8-10,21H,1-2,6-7H2,(H,19,20,22)/b9-8+. The van der Waals surface area contributed by atoms with Gasteiger partial charge in [0.05, 0.1) is 5.39 Å². The largest absolute Gasteiger partial charge is 0.508 e. The van der Waals surface area contributed by atoms with Crippen molar-refractivity contribution in [2.24, 2.45) is 0 Å². The molecule has 2 aromatic heterocycles. The normalized spacial score (nSPS) is 14.4. The second-order valence-electron chi connectivity index (χ2n) is 5.77. The lowest BCUT2D eigenvalue weighted by atomic mass is 9.97. The molecule has 0 unspecified atom stereocenters.